The molecule has 10 nitrogen and oxygen atoms in total. The second-order valence-electron chi connectivity index (χ2n) is 10.3. The minimum absolute atomic E-state index is 0.0450. The van der Waals surface area contributed by atoms with Gasteiger partial charge in [-0.1, -0.05) is 12.6 Å². The highest BCUT2D eigenvalue weighted by Crippen LogP contribution is 2.40. The number of hydrogen-bond donors (Lipinski definition) is 0. The number of ether oxygens (including phenoxy) is 2. The molecule has 2 fully saturated rings. The van der Waals surface area contributed by atoms with Crippen molar-refractivity contribution in [3.8, 4) is 34.1 Å². The summed E-state index contributed by atoms with van der Waals surface area (Å²) in [6.07, 6.45) is 8.83. The van der Waals surface area contributed by atoms with Crippen LogP contribution in [0.25, 0.3) is 27.8 Å². The summed E-state index contributed by atoms with van der Waals surface area (Å²) in [6.45, 7) is 8.48. The summed E-state index contributed by atoms with van der Waals surface area (Å²) in [4.78, 5) is 16.3. The lowest BCUT2D eigenvalue weighted by atomic mass is 9.98. The van der Waals surface area contributed by atoms with Crippen LogP contribution in [0.4, 0.5) is 5.69 Å². The number of aromatic nitrogens is 4. The first-order valence-corrected chi connectivity index (χ1v) is 13.1. The van der Waals surface area contributed by atoms with Crippen molar-refractivity contribution in [1.29, 1.82) is 5.26 Å². The summed E-state index contributed by atoms with van der Waals surface area (Å²) in [5.41, 5.74) is 6.07. The number of amides is 1. The molecule has 0 saturated carbocycles. The quantitative estimate of drug-likeness (QED) is 0.372. The minimum atomic E-state index is -0.0450. The van der Waals surface area contributed by atoms with E-state index in [1.807, 2.05) is 34.2 Å². The molecule has 0 bridgehead atoms. The third kappa shape index (κ3) is 4.02. The zero-order valence-electron chi connectivity index (χ0n) is 21.4. The van der Waals surface area contributed by atoms with E-state index in [1.54, 1.807) is 10.7 Å². The maximum absolute atomic E-state index is 12.1. The van der Waals surface area contributed by atoms with E-state index < -0.39 is 0 Å². The molecule has 0 spiro atoms. The van der Waals surface area contributed by atoms with Crippen LogP contribution in [0.15, 0.2) is 61.7 Å². The molecule has 10 heteroatoms. The fraction of sp³-hybridized carbons (Fsp3) is 0.310. The Labute approximate surface area is 225 Å². The number of benzene rings is 1. The molecule has 2 saturated heterocycles. The van der Waals surface area contributed by atoms with Crippen LogP contribution in [0, 0.1) is 17.2 Å². The SMILES string of the molecule is C=CC(=O)N1CCN2c3ccc(-c4cc(-c5cnn(CC6COC6)c5)cn5ncc(C#N)c45)cc3OC[C@@H]2C1. The van der Waals surface area contributed by atoms with Crippen molar-refractivity contribution in [2.24, 2.45) is 5.92 Å². The van der Waals surface area contributed by atoms with Gasteiger partial charge in [-0.15, -0.1) is 0 Å². The number of pyridine rings is 1. The molecule has 0 radical (unpaired) electrons. The maximum Gasteiger partial charge on any atom is 0.246 e. The molecule has 39 heavy (non-hydrogen) atoms. The van der Waals surface area contributed by atoms with Crippen molar-refractivity contribution < 1.29 is 14.3 Å². The van der Waals surface area contributed by atoms with Gasteiger partial charge in [0, 0.05) is 61.2 Å². The van der Waals surface area contributed by atoms with Gasteiger partial charge in [-0.2, -0.15) is 15.5 Å². The van der Waals surface area contributed by atoms with Crippen molar-refractivity contribution >= 4 is 17.1 Å². The molecular weight excluding hydrogens is 494 g/mol. The molecule has 3 aliphatic heterocycles. The fourth-order valence-electron chi connectivity index (χ4n) is 5.71. The Morgan fingerprint density at radius 2 is 2.00 bits per heavy atom. The lowest BCUT2D eigenvalue weighted by Gasteiger charge is -2.45. The maximum atomic E-state index is 12.1. The lowest BCUT2D eigenvalue weighted by molar-refractivity contribution is -0.127. The van der Waals surface area contributed by atoms with Gasteiger partial charge in [0.15, 0.2) is 0 Å². The van der Waals surface area contributed by atoms with Gasteiger partial charge in [0.25, 0.3) is 0 Å². The smallest absolute Gasteiger partial charge is 0.246 e. The van der Waals surface area contributed by atoms with Gasteiger partial charge in [-0.25, -0.2) is 4.52 Å². The van der Waals surface area contributed by atoms with E-state index in [1.165, 1.54) is 6.08 Å². The zero-order chi connectivity index (χ0) is 26.5. The molecule has 0 aliphatic carbocycles. The molecule has 0 N–H and O–H groups in total. The van der Waals surface area contributed by atoms with Crippen LogP contribution in [0.2, 0.25) is 0 Å². The first-order valence-electron chi connectivity index (χ1n) is 13.1. The molecule has 0 unspecified atom stereocenters. The Balaban J connectivity index is 1.25. The molecular formula is C29H27N7O3. The van der Waals surface area contributed by atoms with Crippen molar-refractivity contribution in [2.45, 2.75) is 12.6 Å². The topological polar surface area (TPSA) is 101 Å². The predicted molar refractivity (Wildman–Crippen MR) is 144 cm³/mol. The average Bonchev–Trinajstić information content (AvgIpc) is 3.60. The van der Waals surface area contributed by atoms with E-state index in [2.05, 4.69) is 45.9 Å². The zero-order valence-corrected chi connectivity index (χ0v) is 21.4. The summed E-state index contributed by atoms with van der Waals surface area (Å²) in [7, 11) is 0. The van der Waals surface area contributed by atoms with Crippen LogP contribution in [-0.4, -0.2) is 75.7 Å². The standard InChI is InChI=1S/C29H27N7O3/c1-2-28(37)33-5-6-35-24(15-33)18-39-27-8-20(3-4-26(27)35)25-7-21(14-36-29(25)22(9-30)10-32-36)23-11-31-34(13-23)12-19-16-38-17-19/h2-4,7-8,10-11,13-14,19,24H,1,5-6,12,15-18H2/t24-/m0/s1. The first kappa shape index (κ1) is 23.5. The van der Waals surface area contributed by atoms with E-state index in [0.717, 1.165) is 65.5 Å². The second-order valence-corrected chi connectivity index (χ2v) is 10.3. The van der Waals surface area contributed by atoms with Crippen LogP contribution in [0.5, 0.6) is 5.75 Å². The summed E-state index contributed by atoms with van der Waals surface area (Å²) in [5.74, 6) is 1.25. The van der Waals surface area contributed by atoms with E-state index >= 15 is 0 Å². The third-order valence-corrected chi connectivity index (χ3v) is 7.83. The first-order chi connectivity index (χ1) is 19.1. The summed E-state index contributed by atoms with van der Waals surface area (Å²) in [6, 6.07) is 10.7. The molecule has 1 atom stereocenters. The van der Waals surface area contributed by atoms with Crippen molar-refractivity contribution in [3.63, 3.8) is 0 Å². The fourth-order valence-corrected chi connectivity index (χ4v) is 5.71. The van der Waals surface area contributed by atoms with Gasteiger partial charge >= 0.3 is 0 Å². The number of carbonyl (C=O) groups excluding carboxylic acids is 1. The molecule has 7 rings (SSSR count). The second kappa shape index (κ2) is 9.29. The Morgan fingerprint density at radius 1 is 1.10 bits per heavy atom. The van der Waals surface area contributed by atoms with Crippen LogP contribution in [0.1, 0.15) is 5.56 Å². The van der Waals surface area contributed by atoms with Gasteiger partial charge in [-0.05, 0) is 29.8 Å². The lowest BCUT2D eigenvalue weighted by Crippen LogP contribution is -2.58. The van der Waals surface area contributed by atoms with Gasteiger partial charge in [0.1, 0.15) is 18.4 Å². The third-order valence-electron chi connectivity index (χ3n) is 7.83. The number of hydrogen-bond acceptors (Lipinski definition) is 7. The largest absolute Gasteiger partial charge is 0.489 e. The number of anilines is 1. The Bertz CT molecular complexity index is 1640. The molecule has 1 aromatic carbocycles. The van der Waals surface area contributed by atoms with Crippen LogP contribution < -0.4 is 9.64 Å². The molecule has 3 aliphatic rings. The highest BCUT2D eigenvalue weighted by atomic mass is 16.5. The normalized spacial score (nSPS) is 18.6. The van der Waals surface area contributed by atoms with Gasteiger partial charge in [-0.3, -0.25) is 9.48 Å². The Kier molecular flexibility index (Phi) is 5.60. The molecule has 196 valence electrons. The highest BCUT2D eigenvalue weighted by molar-refractivity contribution is 5.89. The number of carbonyl (C=O) groups is 1. The minimum Gasteiger partial charge on any atom is -0.489 e. The number of fused-ring (bicyclic) bond motifs is 4. The van der Waals surface area contributed by atoms with Crippen LogP contribution in [0.3, 0.4) is 0 Å². The number of rotatable bonds is 5. The van der Waals surface area contributed by atoms with Crippen molar-refractivity contribution in [3.05, 3.63) is 67.3 Å². The van der Waals surface area contributed by atoms with Crippen LogP contribution >= 0.6 is 0 Å². The van der Waals surface area contributed by atoms with Crippen molar-refractivity contribution in [1.82, 2.24) is 24.3 Å². The van der Waals surface area contributed by atoms with E-state index in [0.29, 0.717) is 31.2 Å². The number of piperazine rings is 1. The number of nitrogens with zero attached hydrogens (tertiary/aromatic N) is 7. The van der Waals surface area contributed by atoms with Gasteiger partial charge < -0.3 is 19.3 Å². The van der Waals surface area contributed by atoms with Crippen molar-refractivity contribution in [2.75, 3.05) is 44.4 Å². The Morgan fingerprint density at radius 3 is 2.79 bits per heavy atom. The van der Waals surface area contributed by atoms with E-state index in [9.17, 15) is 10.1 Å². The molecule has 1 amide bonds. The predicted octanol–water partition coefficient (Wildman–Crippen LogP) is 2.98. The van der Waals surface area contributed by atoms with Gasteiger partial charge in [0.2, 0.25) is 5.91 Å². The summed E-state index contributed by atoms with van der Waals surface area (Å²) >= 11 is 0. The monoisotopic (exact) mass is 521 g/mol. The Hall–Kier alpha value is -4.62. The average molecular weight is 522 g/mol. The summed E-state index contributed by atoms with van der Waals surface area (Å²) in [5, 5.41) is 18.8. The molecule has 4 aromatic rings. The van der Waals surface area contributed by atoms with Gasteiger partial charge in [0.05, 0.1) is 48.4 Å². The number of nitriles is 1. The van der Waals surface area contributed by atoms with E-state index in [4.69, 9.17) is 9.47 Å². The molecule has 3 aromatic heterocycles. The summed E-state index contributed by atoms with van der Waals surface area (Å²) < 4.78 is 15.3. The van der Waals surface area contributed by atoms with Crippen LogP contribution in [-0.2, 0) is 16.1 Å². The van der Waals surface area contributed by atoms with E-state index in [-0.39, 0.29) is 11.9 Å². The molecule has 6 heterocycles. The highest BCUT2D eigenvalue weighted by Gasteiger charge is 2.34.